The van der Waals surface area contributed by atoms with Gasteiger partial charge in [-0.1, -0.05) is 19.4 Å². The number of hydrogen-bond acceptors (Lipinski definition) is 2. The van der Waals surface area contributed by atoms with Gasteiger partial charge in [0, 0.05) is 17.7 Å². The fourth-order valence-electron chi connectivity index (χ4n) is 3.17. The Labute approximate surface area is 167 Å². The zero-order valence-corrected chi connectivity index (χ0v) is 15.8. The highest BCUT2D eigenvalue weighted by Crippen LogP contribution is 2.38. The lowest BCUT2D eigenvalue weighted by Gasteiger charge is -2.24. The normalized spacial score (nSPS) is 16.8. The standard InChI is InChI=1S/C21H17F7O2/c1-2-3-12-5-4-11(10-29-12)14-6-7-15(19(25)18(14)24)21(27,28)30-13-8-16(22)20(26)17(23)9-13/h6-10,12H,2-5H2,1H3. The van der Waals surface area contributed by atoms with E-state index in [1.54, 1.807) is 0 Å². The average Bonchev–Trinajstić information content (AvgIpc) is 2.68. The number of rotatable bonds is 6. The van der Waals surface area contributed by atoms with Crippen LogP contribution in [0, 0.1) is 29.1 Å². The quantitative estimate of drug-likeness (QED) is 0.367. The van der Waals surface area contributed by atoms with Crippen LogP contribution in [0.4, 0.5) is 30.7 Å². The first-order valence-corrected chi connectivity index (χ1v) is 9.18. The fourth-order valence-corrected chi connectivity index (χ4v) is 3.17. The summed E-state index contributed by atoms with van der Waals surface area (Å²) < 4.78 is 107. The number of allylic oxidation sites excluding steroid dienone is 1. The Morgan fingerprint density at radius 2 is 1.67 bits per heavy atom. The van der Waals surface area contributed by atoms with Gasteiger partial charge in [-0.25, -0.2) is 22.0 Å². The topological polar surface area (TPSA) is 18.5 Å². The zero-order valence-electron chi connectivity index (χ0n) is 15.8. The molecule has 0 radical (unpaired) electrons. The lowest BCUT2D eigenvalue weighted by molar-refractivity contribution is -0.188. The Bertz CT molecular complexity index is 949. The Kier molecular flexibility index (Phi) is 6.28. The predicted octanol–water partition coefficient (Wildman–Crippen LogP) is 6.83. The van der Waals surface area contributed by atoms with Gasteiger partial charge in [-0.3, -0.25) is 0 Å². The highest BCUT2D eigenvalue weighted by molar-refractivity contribution is 5.66. The van der Waals surface area contributed by atoms with Crippen LogP contribution in [-0.2, 0) is 10.8 Å². The second-order valence-electron chi connectivity index (χ2n) is 6.84. The number of halogens is 7. The van der Waals surface area contributed by atoms with E-state index in [9.17, 15) is 30.7 Å². The summed E-state index contributed by atoms with van der Waals surface area (Å²) in [6.45, 7) is 1.98. The first-order chi connectivity index (χ1) is 14.1. The second kappa shape index (κ2) is 8.57. The molecule has 0 spiro atoms. The number of alkyl halides is 2. The van der Waals surface area contributed by atoms with Gasteiger partial charge < -0.3 is 9.47 Å². The van der Waals surface area contributed by atoms with Gasteiger partial charge in [0.2, 0.25) is 0 Å². The summed E-state index contributed by atoms with van der Waals surface area (Å²) >= 11 is 0. The number of benzene rings is 2. The van der Waals surface area contributed by atoms with Gasteiger partial charge in [0.1, 0.15) is 11.3 Å². The van der Waals surface area contributed by atoms with Crippen LogP contribution in [-0.4, -0.2) is 6.10 Å². The Hall–Kier alpha value is -2.71. The van der Waals surface area contributed by atoms with Crippen molar-refractivity contribution in [2.75, 3.05) is 0 Å². The van der Waals surface area contributed by atoms with Crippen LogP contribution in [0.2, 0.25) is 0 Å². The van der Waals surface area contributed by atoms with Crippen LogP contribution in [0.3, 0.4) is 0 Å². The largest absolute Gasteiger partial charge is 0.498 e. The Morgan fingerprint density at radius 1 is 1.00 bits per heavy atom. The Morgan fingerprint density at radius 3 is 2.23 bits per heavy atom. The van der Waals surface area contributed by atoms with E-state index in [4.69, 9.17) is 4.74 Å². The molecule has 0 saturated carbocycles. The minimum atomic E-state index is -4.48. The summed E-state index contributed by atoms with van der Waals surface area (Å²) in [7, 11) is 0. The highest BCUT2D eigenvalue weighted by atomic mass is 19.3. The molecule has 0 bridgehead atoms. The van der Waals surface area contributed by atoms with Gasteiger partial charge in [-0.2, -0.15) is 8.78 Å². The van der Waals surface area contributed by atoms with E-state index < -0.39 is 46.5 Å². The molecule has 1 unspecified atom stereocenters. The summed E-state index contributed by atoms with van der Waals surface area (Å²) in [5.74, 6) is -9.92. The molecule has 0 fully saturated rings. The van der Waals surface area contributed by atoms with Crippen molar-refractivity contribution in [2.24, 2.45) is 0 Å². The van der Waals surface area contributed by atoms with E-state index in [2.05, 4.69) is 4.74 Å². The molecule has 1 aliphatic rings. The maximum atomic E-state index is 14.5. The lowest BCUT2D eigenvalue weighted by atomic mass is 9.95. The van der Waals surface area contributed by atoms with E-state index in [-0.39, 0.29) is 23.8 Å². The molecular formula is C21H17F7O2. The molecular weight excluding hydrogens is 417 g/mol. The molecule has 0 amide bonds. The van der Waals surface area contributed by atoms with Crippen LogP contribution >= 0.6 is 0 Å². The third kappa shape index (κ3) is 4.39. The van der Waals surface area contributed by atoms with Crippen molar-refractivity contribution in [3.05, 3.63) is 70.7 Å². The second-order valence-corrected chi connectivity index (χ2v) is 6.84. The molecule has 2 aromatic rings. The van der Waals surface area contributed by atoms with Gasteiger partial charge in [0.15, 0.2) is 29.1 Å². The first kappa shape index (κ1) is 22.0. The first-order valence-electron chi connectivity index (χ1n) is 9.18. The lowest BCUT2D eigenvalue weighted by Crippen LogP contribution is -2.24. The molecule has 2 nitrogen and oxygen atoms in total. The third-order valence-electron chi connectivity index (χ3n) is 4.69. The van der Waals surface area contributed by atoms with Crippen molar-refractivity contribution in [1.29, 1.82) is 0 Å². The van der Waals surface area contributed by atoms with Crippen molar-refractivity contribution < 1.29 is 40.2 Å². The molecule has 1 heterocycles. The van der Waals surface area contributed by atoms with Crippen molar-refractivity contribution in [1.82, 2.24) is 0 Å². The molecule has 0 aliphatic carbocycles. The molecule has 30 heavy (non-hydrogen) atoms. The van der Waals surface area contributed by atoms with Gasteiger partial charge in [-0.15, -0.1) is 0 Å². The predicted molar refractivity (Wildman–Crippen MR) is 94.2 cm³/mol. The third-order valence-corrected chi connectivity index (χ3v) is 4.69. The van der Waals surface area contributed by atoms with Crippen molar-refractivity contribution >= 4 is 5.57 Å². The summed E-state index contributed by atoms with van der Waals surface area (Å²) in [6.07, 6.45) is -0.592. The minimum absolute atomic E-state index is 0.0415. The summed E-state index contributed by atoms with van der Waals surface area (Å²) in [6, 6.07) is 1.91. The van der Waals surface area contributed by atoms with E-state index >= 15 is 0 Å². The fraction of sp³-hybridized carbons (Fsp3) is 0.333. The van der Waals surface area contributed by atoms with Crippen molar-refractivity contribution in [3.8, 4) is 5.75 Å². The number of ether oxygens (including phenoxy) is 2. The molecule has 0 saturated heterocycles. The maximum absolute atomic E-state index is 14.5. The van der Waals surface area contributed by atoms with Gasteiger partial charge >= 0.3 is 6.11 Å². The molecule has 0 aromatic heterocycles. The molecule has 3 rings (SSSR count). The van der Waals surface area contributed by atoms with Crippen LogP contribution < -0.4 is 4.74 Å². The van der Waals surface area contributed by atoms with E-state index in [0.29, 0.717) is 24.5 Å². The van der Waals surface area contributed by atoms with Gasteiger partial charge in [0.25, 0.3) is 0 Å². The highest BCUT2D eigenvalue weighted by Gasteiger charge is 2.40. The molecule has 1 aliphatic heterocycles. The average molecular weight is 434 g/mol. The van der Waals surface area contributed by atoms with Crippen LogP contribution in [0.1, 0.15) is 43.7 Å². The maximum Gasteiger partial charge on any atom is 0.429 e. The zero-order chi connectivity index (χ0) is 22.1. The number of hydrogen-bond donors (Lipinski definition) is 0. The molecule has 1 atom stereocenters. The summed E-state index contributed by atoms with van der Waals surface area (Å²) in [5.41, 5.74) is -1.40. The van der Waals surface area contributed by atoms with Crippen molar-refractivity contribution in [2.45, 2.75) is 44.8 Å². The molecule has 0 N–H and O–H groups in total. The SMILES string of the molecule is CCCC1CCC(c2ccc(C(F)(F)Oc3cc(F)c(F)c(F)c3)c(F)c2F)=CO1. The molecule has 162 valence electrons. The van der Waals surface area contributed by atoms with Gasteiger partial charge in [0.05, 0.1) is 12.4 Å². The van der Waals surface area contributed by atoms with Crippen molar-refractivity contribution in [3.63, 3.8) is 0 Å². The van der Waals surface area contributed by atoms with E-state index in [1.807, 2.05) is 6.92 Å². The minimum Gasteiger partial charge on any atom is -0.498 e. The van der Waals surface area contributed by atoms with Crippen LogP contribution in [0.15, 0.2) is 30.5 Å². The van der Waals surface area contributed by atoms with Crippen LogP contribution in [0.25, 0.3) is 5.57 Å². The van der Waals surface area contributed by atoms with Gasteiger partial charge in [-0.05, 0) is 30.9 Å². The van der Waals surface area contributed by atoms with E-state index in [1.165, 1.54) is 6.26 Å². The smallest absolute Gasteiger partial charge is 0.429 e. The monoisotopic (exact) mass is 434 g/mol. The molecule has 2 aromatic carbocycles. The molecule has 9 heteroatoms. The van der Waals surface area contributed by atoms with E-state index in [0.717, 1.165) is 18.9 Å². The Balaban J connectivity index is 1.87. The summed E-state index contributed by atoms with van der Waals surface area (Å²) in [4.78, 5) is 0. The van der Waals surface area contributed by atoms with Crippen LogP contribution in [0.5, 0.6) is 5.75 Å². The summed E-state index contributed by atoms with van der Waals surface area (Å²) in [5, 5.41) is 0.